The monoisotopic (exact) mass is 522 g/mol. The Balaban J connectivity index is 1.30. The highest BCUT2D eigenvalue weighted by Gasteiger charge is 2.22. The van der Waals surface area contributed by atoms with Gasteiger partial charge in [0.15, 0.2) is 0 Å². The van der Waals surface area contributed by atoms with E-state index in [1.54, 1.807) is 18.2 Å². The van der Waals surface area contributed by atoms with Crippen molar-refractivity contribution in [3.8, 4) is 0 Å². The number of amides is 2. The summed E-state index contributed by atoms with van der Waals surface area (Å²) in [6.45, 7) is 0. The number of rotatable bonds is 7. The summed E-state index contributed by atoms with van der Waals surface area (Å²) in [7, 11) is 0. The molecule has 0 aromatic heterocycles. The summed E-state index contributed by atoms with van der Waals surface area (Å²) < 4.78 is 0. The molecular weight excluding hydrogens is 500 g/mol. The molecule has 2 amide bonds. The molecule has 0 aliphatic carbocycles. The van der Waals surface area contributed by atoms with Crippen molar-refractivity contribution in [1.82, 2.24) is 0 Å². The first-order valence-corrected chi connectivity index (χ1v) is 13.0. The molecule has 1 unspecified atom stereocenters. The summed E-state index contributed by atoms with van der Waals surface area (Å²) >= 11 is 7.52. The molecule has 5 rings (SSSR count). The Morgan fingerprint density at radius 3 is 2.14 bits per heavy atom. The van der Waals surface area contributed by atoms with Crippen LogP contribution in [-0.4, -0.2) is 11.8 Å². The van der Waals surface area contributed by atoms with Crippen molar-refractivity contribution in [2.75, 3.05) is 10.6 Å². The molecule has 6 heteroatoms. The largest absolute Gasteiger partial charge is 0.325 e. The summed E-state index contributed by atoms with van der Waals surface area (Å²) in [5.74, 6) is -0.318. The Kier molecular flexibility index (Phi) is 7.54. The third kappa shape index (κ3) is 6.20. The maximum absolute atomic E-state index is 13.3. The molecule has 4 nitrogen and oxygen atoms in total. The molecule has 0 heterocycles. The number of nitrogens with one attached hydrogen (secondary N) is 2. The van der Waals surface area contributed by atoms with Crippen LogP contribution in [0.25, 0.3) is 10.8 Å². The summed E-state index contributed by atoms with van der Waals surface area (Å²) in [5, 5.41) is 8.12. The fraction of sp³-hybridized carbons (Fsp3) is 0.0323. The molecule has 0 spiro atoms. The molecule has 5 aromatic carbocycles. The minimum atomic E-state index is -0.474. The van der Waals surface area contributed by atoms with Crippen molar-refractivity contribution in [2.24, 2.45) is 0 Å². The molecule has 0 aliphatic rings. The number of benzene rings is 5. The van der Waals surface area contributed by atoms with Crippen LogP contribution < -0.4 is 10.6 Å². The normalized spacial score (nSPS) is 11.6. The van der Waals surface area contributed by atoms with E-state index in [1.165, 1.54) is 11.8 Å². The van der Waals surface area contributed by atoms with E-state index in [1.807, 2.05) is 103 Å². The standard InChI is InChI=1S/C31H23ClN2O2S/c32-25-11-6-12-27(20-25)34-31(36)29(22-8-2-1-3-9-22)37-28-17-15-26(16-18-28)33-30(35)24-14-13-21-7-4-5-10-23(21)19-24/h1-20,29H,(H,33,35)(H,34,36). The van der Waals surface area contributed by atoms with Gasteiger partial charge in [-0.2, -0.15) is 0 Å². The van der Waals surface area contributed by atoms with E-state index in [2.05, 4.69) is 10.6 Å². The van der Waals surface area contributed by atoms with Crippen LogP contribution in [0.2, 0.25) is 5.02 Å². The second kappa shape index (κ2) is 11.3. The van der Waals surface area contributed by atoms with Gasteiger partial charge in [-0.25, -0.2) is 0 Å². The average molecular weight is 523 g/mol. The van der Waals surface area contributed by atoms with Crippen LogP contribution >= 0.6 is 23.4 Å². The van der Waals surface area contributed by atoms with Gasteiger partial charge in [0.25, 0.3) is 5.91 Å². The third-order valence-corrected chi connectivity index (χ3v) is 7.31. The van der Waals surface area contributed by atoms with Gasteiger partial charge in [-0.15, -0.1) is 11.8 Å². The summed E-state index contributed by atoms with van der Waals surface area (Å²) in [6, 6.07) is 37.8. The highest BCUT2D eigenvalue weighted by atomic mass is 35.5. The van der Waals surface area contributed by atoms with E-state index in [4.69, 9.17) is 11.6 Å². The van der Waals surface area contributed by atoms with Gasteiger partial charge in [0.1, 0.15) is 5.25 Å². The maximum Gasteiger partial charge on any atom is 0.255 e. The van der Waals surface area contributed by atoms with E-state index in [0.717, 1.165) is 21.2 Å². The predicted molar refractivity (Wildman–Crippen MR) is 153 cm³/mol. The average Bonchev–Trinajstić information content (AvgIpc) is 2.92. The summed E-state index contributed by atoms with van der Waals surface area (Å²) in [5.41, 5.74) is 2.81. The number of carbonyl (C=O) groups excluding carboxylic acids is 2. The number of fused-ring (bicyclic) bond motifs is 1. The van der Waals surface area contributed by atoms with Crippen molar-refractivity contribution in [3.63, 3.8) is 0 Å². The van der Waals surface area contributed by atoms with Gasteiger partial charge < -0.3 is 10.6 Å². The minimum absolute atomic E-state index is 0.146. The van der Waals surface area contributed by atoms with Gasteiger partial charge in [-0.05, 0) is 70.9 Å². The highest BCUT2D eigenvalue weighted by Crippen LogP contribution is 2.37. The first-order valence-electron chi connectivity index (χ1n) is 11.7. The lowest BCUT2D eigenvalue weighted by Gasteiger charge is -2.17. The number of thioether (sulfide) groups is 1. The van der Waals surface area contributed by atoms with Gasteiger partial charge in [0.2, 0.25) is 5.91 Å². The minimum Gasteiger partial charge on any atom is -0.325 e. The summed E-state index contributed by atoms with van der Waals surface area (Å²) in [4.78, 5) is 27.0. The zero-order valence-electron chi connectivity index (χ0n) is 19.7. The molecule has 1 atom stereocenters. The Labute approximate surface area is 224 Å². The van der Waals surface area contributed by atoms with Gasteiger partial charge in [0.05, 0.1) is 0 Å². The molecule has 0 saturated carbocycles. The van der Waals surface area contributed by atoms with E-state index in [9.17, 15) is 9.59 Å². The molecule has 0 radical (unpaired) electrons. The second-order valence-corrected chi connectivity index (χ2v) is 10.1. The smallest absolute Gasteiger partial charge is 0.255 e. The van der Waals surface area contributed by atoms with Crippen molar-refractivity contribution < 1.29 is 9.59 Å². The number of hydrogen-bond donors (Lipinski definition) is 2. The van der Waals surface area contributed by atoms with Crippen molar-refractivity contribution in [2.45, 2.75) is 10.1 Å². The first kappa shape index (κ1) is 24.6. The van der Waals surface area contributed by atoms with Crippen LogP contribution in [0.1, 0.15) is 21.2 Å². The molecule has 182 valence electrons. The van der Waals surface area contributed by atoms with Gasteiger partial charge in [-0.3, -0.25) is 9.59 Å². The Bertz CT molecular complexity index is 1560. The van der Waals surface area contributed by atoms with Crippen molar-refractivity contribution >= 4 is 57.3 Å². The second-order valence-electron chi connectivity index (χ2n) is 8.45. The predicted octanol–water partition coefficient (Wildman–Crippen LogP) is 8.22. The van der Waals surface area contributed by atoms with Crippen molar-refractivity contribution in [1.29, 1.82) is 0 Å². The molecular formula is C31H23ClN2O2S. The molecule has 37 heavy (non-hydrogen) atoms. The molecule has 2 N–H and O–H groups in total. The summed E-state index contributed by atoms with van der Waals surface area (Å²) in [6.07, 6.45) is 0. The number of anilines is 2. The van der Waals surface area contributed by atoms with Crippen LogP contribution in [0.4, 0.5) is 11.4 Å². The van der Waals surface area contributed by atoms with E-state index >= 15 is 0 Å². The van der Waals surface area contributed by atoms with Gasteiger partial charge in [0, 0.05) is 26.9 Å². The van der Waals surface area contributed by atoms with Gasteiger partial charge >= 0.3 is 0 Å². The lowest BCUT2D eigenvalue weighted by Crippen LogP contribution is -2.19. The third-order valence-electron chi connectivity index (χ3n) is 5.81. The van der Waals surface area contributed by atoms with E-state index < -0.39 is 5.25 Å². The van der Waals surface area contributed by atoms with Crippen LogP contribution in [0.3, 0.4) is 0 Å². The van der Waals surface area contributed by atoms with E-state index in [0.29, 0.717) is 22.0 Å². The molecule has 0 fully saturated rings. The SMILES string of the molecule is O=C(Nc1ccc(SC(C(=O)Nc2cccc(Cl)c2)c2ccccc2)cc1)c1ccc2ccccc2c1. The molecule has 0 aliphatic heterocycles. The Morgan fingerprint density at radius 1 is 0.649 bits per heavy atom. The topological polar surface area (TPSA) is 58.2 Å². The first-order chi connectivity index (χ1) is 18.0. The lowest BCUT2D eigenvalue weighted by molar-refractivity contribution is -0.115. The van der Waals surface area contributed by atoms with Gasteiger partial charge in [-0.1, -0.05) is 78.3 Å². The van der Waals surface area contributed by atoms with Crippen molar-refractivity contribution in [3.05, 3.63) is 137 Å². The highest BCUT2D eigenvalue weighted by molar-refractivity contribution is 8.00. The Morgan fingerprint density at radius 2 is 1.38 bits per heavy atom. The zero-order valence-corrected chi connectivity index (χ0v) is 21.3. The molecule has 5 aromatic rings. The Hall–Kier alpha value is -4.06. The maximum atomic E-state index is 13.3. The number of carbonyl (C=O) groups is 2. The number of halogens is 1. The van der Waals surface area contributed by atoms with Crippen LogP contribution in [0.15, 0.2) is 126 Å². The van der Waals surface area contributed by atoms with Crippen LogP contribution in [0, 0.1) is 0 Å². The zero-order chi connectivity index (χ0) is 25.6. The molecule has 0 bridgehead atoms. The fourth-order valence-corrected chi connectivity index (χ4v) is 5.18. The quantitative estimate of drug-likeness (QED) is 0.212. The van der Waals surface area contributed by atoms with Crippen LogP contribution in [-0.2, 0) is 4.79 Å². The molecule has 0 saturated heterocycles. The number of hydrogen-bond acceptors (Lipinski definition) is 3. The van der Waals surface area contributed by atoms with E-state index in [-0.39, 0.29) is 11.8 Å². The lowest BCUT2D eigenvalue weighted by atomic mass is 10.1. The van der Waals surface area contributed by atoms with Crippen LogP contribution in [0.5, 0.6) is 0 Å². The fourth-order valence-electron chi connectivity index (χ4n) is 3.96.